The minimum atomic E-state index is -1.12. The number of para-hydroxylation sites is 2. The van der Waals surface area contributed by atoms with Crippen molar-refractivity contribution in [3.63, 3.8) is 0 Å². The number of aromatic nitrogens is 2. The van der Waals surface area contributed by atoms with Crippen LogP contribution in [0.2, 0.25) is 0 Å². The molecule has 0 unspecified atom stereocenters. The number of hydrogen-bond donors (Lipinski definition) is 2. The van der Waals surface area contributed by atoms with Crippen molar-refractivity contribution in [3.05, 3.63) is 129 Å². The van der Waals surface area contributed by atoms with Gasteiger partial charge in [0.15, 0.2) is 0 Å². The average Bonchev–Trinajstić information content (AvgIpc) is 3.55. The molecule has 1 saturated heterocycles. The van der Waals surface area contributed by atoms with Crippen molar-refractivity contribution in [2.75, 3.05) is 10.3 Å². The van der Waals surface area contributed by atoms with Crippen LogP contribution in [0.1, 0.15) is 33.7 Å². The van der Waals surface area contributed by atoms with Gasteiger partial charge in [-0.2, -0.15) is 5.10 Å². The average molecular weight is 569 g/mol. The zero-order valence-electron chi connectivity index (χ0n) is 22.9. The Morgan fingerprint density at radius 3 is 2.33 bits per heavy atom. The first kappa shape index (κ1) is 25.1. The molecular formula is C33H24N6O4. The standard InChI is InChI=1S/C33H24N6O4/c1-18-14-15-25(26(16-18)39(42)43)38-30(40)28-27-19-8-2-4-10-21(19)33(29(28)31(38)41,22-11-5-3-9-20(22)27)17-34-37-32-35-23-12-6-7-13-24(23)36-32/h2-17,27-29H,1H3,(H2,35,36,37)/b34-17-/t27?,28-,29-,33?/m1/s1. The molecule has 2 heterocycles. The highest BCUT2D eigenvalue weighted by atomic mass is 16.6. The lowest BCUT2D eigenvalue weighted by Crippen LogP contribution is -2.54. The Bertz CT molecular complexity index is 1970. The fourth-order valence-corrected chi connectivity index (χ4v) is 7.46. The fraction of sp³-hybridized carbons (Fsp3) is 0.152. The molecule has 9 rings (SSSR count). The maximum atomic E-state index is 14.6. The molecule has 3 aliphatic carbocycles. The van der Waals surface area contributed by atoms with Gasteiger partial charge in [-0.15, -0.1) is 0 Å². The van der Waals surface area contributed by atoms with Crippen LogP contribution in [0, 0.1) is 28.9 Å². The molecule has 4 aromatic carbocycles. The number of hydrazone groups is 1. The van der Waals surface area contributed by atoms with Gasteiger partial charge in [0.25, 0.3) is 5.69 Å². The fourth-order valence-electron chi connectivity index (χ4n) is 7.46. The number of nitrogens with one attached hydrogen (secondary N) is 2. The van der Waals surface area contributed by atoms with Gasteiger partial charge in [0.1, 0.15) is 5.69 Å². The number of aromatic amines is 1. The molecule has 2 atom stereocenters. The Hall–Kier alpha value is -5.64. The summed E-state index contributed by atoms with van der Waals surface area (Å²) in [6, 6.07) is 27.8. The summed E-state index contributed by atoms with van der Waals surface area (Å²) in [6.45, 7) is 1.73. The van der Waals surface area contributed by atoms with Crippen LogP contribution in [0.25, 0.3) is 11.0 Å². The number of aryl methyl sites for hydroxylation is 1. The summed E-state index contributed by atoms with van der Waals surface area (Å²) in [6.07, 6.45) is 1.71. The van der Waals surface area contributed by atoms with Gasteiger partial charge in [-0.05, 0) is 52.9 Å². The number of rotatable bonds is 5. The third-order valence-corrected chi connectivity index (χ3v) is 9.08. The highest BCUT2D eigenvalue weighted by Crippen LogP contribution is 2.64. The number of imidazole rings is 1. The Balaban J connectivity index is 1.32. The number of anilines is 2. The molecule has 0 saturated carbocycles. The number of hydrogen-bond acceptors (Lipinski definition) is 7. The molecule has 2 N–H and O–H groups in total. The molecule has 2 bridgehead atoms. The number of nitro benzene ring substituents is 1. The number of nitrogens with zero attached hydrogens (tertiary/aromatic N) is 4. The summed E-state index contributed by atoms with van der Waals surface area (Å²) in [4.78, 5) is 49.2. The Morgan fingerprint density at radius 2 is 1.63 bits per heavy atom. The van der Waals surface area contributed by atoms with Crippen LogP contribution in [0.3, 0.4) is 0 Å². The Morgan fingerprint density at radius 1 is 0.953 bits per heavy atom. The van der Waals surface area contributed by atoms with Gasteiger partial charge < -0.3 is 4.98 Å². The van der Waals surface area contributed by atoms with Crippen molar-refractivity contribution in [2.24, 2.45) is 16.9 Å². The monoisotopic (exact) mass is 568 g/mol. The first-order valence-corrected chi connectivity index (χ1v) is 14.0. The van der Waals surface area contributed by atoms with Gasteiger partial charge in [-0.1, -0.05) is 66.7 Å². The van der Waals surface area contributed by atoms with E-state index in [1.165, 1.54) is 12.1 Å². The smallest absolute Gasteiger partial charge is 0.293 e. The summed E-state index contributed by atoms with van der Waals surface area (Å²) in [5.74, 6) is -2.51. The molecule has 43 heavy (non-hydrogen) atoms. The van der Waals surface area contributed by atoms with Gasteiger partial charge in [-0.3, -0.25) is 19.7 Å². The van der Waals surface area contributed by atoms with Crippen LogP contribution in [0.4, 0.5) is 17.3 Å². The van der Waals surface area contributed by atoms with E-state index in [9.17, 15) is 19.7 Å². The summed E-state index contributed by atoms with van der Waals surface area (Å²) in [5, 5.41) is 16.7. The number of carbonyl (C=O) groups excluding carboxylic acids is 2. The Labute approximate surface area is 245 Å². The zero-order valence-corrected chi connectivity index (χ0v) is 22.9. The maximum Gasteiger partial charge on any atom is 0.293 e. The highest BCUT2D eigenvalue weighted by molar-refractivity contribution is 6.25. The lowest BCUT2D eigenvalue weighted by atomic mass is 9.47. The van der Waals surface area contributed by atoms with Crippen LogP contribution < -0.4 is 10.3 Å². The van der Waals surface area contributed by atoms with Gasteiger partial charge in [0.05, 0.1) is 33.2 Å². The van der Waals surface area contributed by atoms with Crippen molar-refractivity contribution < 1.29 is 14.5 Å². The van der Waals surface area contributed by atoms with Crippen molar-refractivity contribution >= 4 is 46.4 Å². The largest absolute Gasteiger partial charge is 0.323 e. The number of amides is 2. The lowest BCUT2D eigenvalue weighted by Gasteiger charge is -2.52. The third-order valence-electron chi connectivity index (χ3n) is 9.08. The first-order valence-electron chi connectivity index (χ1n) is 14.0. The molecule has 5 aromatic rings. The van der Waals surface area contributed by atoms with Gasteiger partial charge in [-0.25, -0.2) is 15.3 Å². The second kappa shape index (κ2) is 8.93. The van der Waals surface area contributed by atoms with Crippen molar-refractivity contribution in [1.29, 1.82) is 0 Å². The lowest BCUT2D eigenvalue weighted by molar-refractivity contribution is -0.384. The van der Waals surface area contributed by atoms with E-state index in [1.54, 1.807) is 19.2 Å². The molecule has 0 spiro atoms. The molecular weight excluding hydrogens is 544 g/mol. The molecule has 0 radical (unpaired) electrons. The van der Waals surface area contributed by atoms with Crippen LogP contribution >= 0.6 is 0 Å². The summed E-state index contributed by atoms with van der Waals surface area (Å²) < 4.78 is 0. The van der Waals surface area contributed by atoms with Crippen molar-refractivity contribution in [1.82, 2.24) is 9.97 Å². The molecule has 1 aliphatic heterocycles. The quantitative estimate of drug-likeness (QED) is 0.126. The van der Waals surface area contributed by atoms with E-state index >= 15 is 0 Å². The topological polar surface area (TPSA) is 134 Å². The summed E-state index contributed by atoms with van der Waals surface area (Å²) >= 11 is 0. The number of benzene rings is 4. The maximum absolute atomic E-state index is 14.6. The van der Waals surface area contributed by atoms with Crippen LogP contribution in [-0.2, 0) is 15.0 Å². The highest BCUT2D eigenvalue weighted by Gasteiger charge is 2.68. The Kier molecular flexibility index (Phi) is 5.21. The molecule has 10 nitrogen and oxygen atoms in total. The second-order valence-corrected chi connectivity index (χ2v) is 11.3. The second-order valence-electron chi connectivity index (χ2n) is 11.3. The minimum absolute atomic E-state index is 0.0139. The van der Waals surface area contributed by atoms with E-state index in [2.05, 4.69) is 20.5 Å². The van der Waals surface area contributed by atoms with Crippen molar-refractivity contribution in [3.8, 4) is 0 Å². The van der Waals surface area contributed by atoms with Crippen molar-refractivity contribution in [2.45, 2.75) is 18.3 Å². The molecule has 1 aromatic heterocycles. The minimum Gasteiger partial charge on any atom is -0.323 e. The van der Waals surface area contributed by atoms with Gasteiger partial charge >= 0.3 is 0 Å². The number of fused-ring (bicyclic) bond motifs is 1. The number of H-pyrrole nitrogens is 1. The summed E-state index contributed by atoms with van der Waals surface area (Å²) in [5.41, 5.74) is 7.53. The van der Waals surface area contributed by atoms with Crippen LogP contribution in [0.15, 0.2) is 96.1 Å². The molecule has 2 amide bonds. The van der Waals surface area contributed by atoms with E-state index in [-0.39, 0.29) is 17.3 Å². The van der Waals surface area contributed by atoms with Crippen LogP contribution in [0.5, 0.6) is 0 Å². The molecule has 1 fully saturated rings. The summed E-state index contributed by atoms with van der Waals surface area (Å²) in [7, 11) is 0. The normalized spacial score (nSPS) is 23.5. The van der Waals surface area contributed by atoms with E-state index in [1.807, 2.05) is 72.8 Å². The SMILES string of the molecule is Cc1ccc(N2C(=O)[C@@H]3C4c5ccccc5C(/C=N\Nc5nc6ccccc6[nH]5)(c5ccccc54)[C@H]3C2=O)c([N+](=O)[O-])c1. The van der Waals surface area contributed by atoms with E-state index in [0.29, 0.717) is 11.5 Å². The number of nitro groups is 1. The molecule has 10 heteroatoms. The molecule has 4 aliphatic rings. The third kappa shape index (κ3) is 3.34. The predicted octanol–water partition coefficient (Wildman–Crippen LogP) is 5.43. The van der Waals surface area contributed by atoms with Gasteiger partial charge in [0, 0.05) is 18.2 Å². The van der Waals surface area contributed by atoms with Crippen LogP contribution in [-0.4, -0.2) is 32.9 Å². The predicted molar refractivity (Wildman–Crippen MR) is 161 cm³/mol. The van der Waals surface area contributed by atoms with E-state index in [0.717, 1.165) is 38.2 Å². The number of imide groups is 1. The number of carbonyl (C=O) groups is 2. The molecule has 210 valence electrons. The van der Waals surface area contributed by atoms with E-state index < -0.39 is 34.0 Å². The van der Waals surface area contributed by atoms with Gasteiger partial charge in [0.2, 0.25) is 17.8 Å². The van der Waals surface area contributed by atoms with E-state index in [4.69, 9.17) is 0 Å². The zero-order chi connectivity index (χ0) is 29.5. The first-order chi connectivity index (χ1) is 20.9.